The van der Waals surface area contributed by atoms with E-state index >= 15 is 0 Å². The fourth-order valence-electron chi connectivity index (χ4n) is 8.41. The number of alkyl halides is 3. The number of aromatic nitrogens is 1. The maximum atomic E-state index is 13.7. The average molecular weight is 851 g/mol. The second-order valence-corrected chi connectivity index (χ2v) is 16.3. The number of carbonyl (C=O) groups is 4. The van der Waals surface area contributed by atoms with E-state index in [1.807, 2.05) is 48.5 Å². The van der Waals surface area contributed by atoms with Gasteiger partial charge < -0.3 is 19.6 Å². The number of nitriles is 1. The Labute approximate surface area is 354 Å². The molecule has 4 heterocycles. The zero-order valence-electron chi connectivity index (χ0n) is 33.3. The molecule has 3 fully saturated rings. The predicted octanol–water partition coefficient (Wildman–Crippen LogP) is 7.24. The van der Waals surface area contributed by atoms with E-state index in [2.05, 4.69) is 25.6 Å². The summed E-state index contributed by atoms with van der Waals surface area (Å²) in [5.41, 5.74) is 0.397. The highest BCUT2D eigenvalue weighted by molar-refractivity contribution is 7.81. The van der Waals surface area contributed by atoms with Crippen LogP contribution >= 0.6 is 12.2 Å². The lowest BCUT2D eigenvalue weighted by Gasteiger charge is -2.36. The summed E-state index contributed by atoms with van der Waals surface area (Å²) in [6.45, 7) is 7.45. The number of thiocarbonyl (C=S) groups is 1. The van der Waals surface area contributed by atoms with Crippen LogP contribution in [0.5, 0.6) is 0 Å². The second kappa shape index (κ2) is 16.2. The Morgan fingerprint density at radius 2 is 1.69 bits per heavy atom. The highest BCUT2D eigenvalue weighted by Crippen LogP contribution is 2.41. The smallest absolute Gasteiger partial charge is 0.369 e. The molecule has 4 amide bonds. The third-order valence-corrected chi connectivity index (χ3v) is 12.0. The summed E-state index contributed by atoms with van der Waals surface area (Å²) in [7, 11) is 0. The van der Waals surface area contributed by atoms with Crippen molar-refractivity contribution < 1.29 is 36.9 Å². The molecule has 1 aromatic heterocycles. The van der Waals surface area contributed by atoms with E-state index in [1.54, 1.807) is 30.9 Å². The number of piperazine rings is 1. The summed E-state index contributed by atoms with van der Waals surface area (Å²) >= 11 is 5.69. The number of imide groups is 1. The van der Waals surface area contributed by atoms with E-state index in [9.17, 15) is 37.6 Å². The molecular formula is C44H41F3N8O5S. The van der Waals surface area contributed by atoms with Gasteiger partial charge in [-0.05, 0) is 123 Å². The minimum Gasteiger partial charge on any atom is -0.369 e. The number of amides is 4. The minimum atomic E-state index is -4.78. The number of unbranched alkanes of at least 4 members (excludes halogenated alkanes) is 1. The quantitative estimate of drug-likeness (QED) is 0.0831. The van der Waals surface area contributed by atoms with Crippen LogP contribution in [0.3, 0.4) is 0 Å². The third kappa shape index (κ3) is 8.00. The van der Waals surface area contributed by atoms with Crippen molar-refractivity contribution in [3.63, 3.8) is 0 Å². The molecule has 4 aromatic carbocycles. The molecule has 1 unspecified atom stereocenters. The van der Waals surface area contributed by atoms with E-state index in [1.165, 1.54) is 6.07 Å². The number of halogens is 3. The van der Waals surface area contributed by atoms with Crippen LogP contribution < -0.4 is 25.3 Å². The van der Waals surface area contributed by atoms with Crippen molar-refractivity contribution in [1.82, 2.24) is 15.4 Å². The lowest BCUT2D eigenvalue weighted by Crippen LogP contribution is -2.46. The van der Waals surface area contributed by atoms with Gasteiger partial charge in [-0.25, -0.2) is 0 Å². The first-order chi connectivity index (χ1) is 29.1. The molecule has 3 aliphatic heterocycles. The maximum absolute atomic E-state index is 13.7. The van der Waals surface area contributed by atoms with Crippen molar-refractivity contribution in [2.75, 3.05) is 52.7 Å². The zero-order valence-corrected chi connectivity index (χ0v) is 34.2. The molecule has 3 saturated heterocycles. The summed E-state index contributed by atoms with van der Waals surface area (Å²) in [6, 6.07) is 21.6. The summed E-state index contributed by atoms with van der Waals surface area (Å²) in [4.78, 5) is 58.1. The minimum absolute atomic E-state index is 0.0400. The van der Waals surface area contributed by atoms with Gasteiger partial charge in [-0.2, -0.15) is 18.4 Å². The molecule has 2 N–H and O–H groups in total. The van der Waals surface area contributed by atoms with Crippen molar-refractivity contribution >= 4 is 85.5 Å². The fraction of sp³-hybridized carbons (Fsp3) is 0.341. The van der Waals surface area contributed by atoms with Crippen LogP contribution in [-0.2, 0) is 25.4 Å². The summed E-state index contributed by atoms with van der Waals surface area (Å²) < 4.78 is 46.8. The number of fused-ring (bicyclic) bond motifs is 3. The van der Waals surface area contributed by atoms with E-state index in [0.29, 0.717) is 35.5 Å². The molecule has 61 heavy (non-hydrogen) atoms. The largest absolute Gasteiger partial charge is 0.417 e. The van der Waals surface area contributed by atoms with Crippen LogP contribution in [0.2, 0.25) is 0 Å². The van der Waals surface area contributed by atoms with Crippen LogP contribution in [0, 0.1) is 11.3 Å². The van der Waals surface area contributed by atoms with Gasteiger partial charge in [0.15, 0.2) is 10.7 Å². The van der Waals surface area contributed by atoms with Crippen LogP contribution in [-0.4, -0.2) is 77.1 Å². The van der Waals surface area contributed by atoms with Crippen molar-refractivity contribution in [1.29, 1.82) is 5.26 Å². The molecule has 0 bridgehead atoms. The fourth-order valence-corrected chi connectivity index (χ4v) is 8.93. The normalized spacial score (nSPS) is 18.6. The van der Waals surface area contributed by atoms with Crippen molar-refractivity contribution in [2.24, 2.45) is 0 Å². The molecule has 5 aromatic rings. The zero-order chi connectivity index (χ0) is 43.2. The molecule has 0 spiro atoms. The van der Waals surface area contributed by atoms with Crippen molar-refractivity contribution in [3.8, 4) is 6.07 Å². The summed E-state index contributed by atoms with van der Waals surface area (Å²) in [5.74, 6) is -1.83. The molecule has 8 rings (SSSR count). The number of hydrogen-bond donors (Lipinski definition) is 2. The molecule has 314 valence electrons. The Bertz CT molecular complexity index is 2630. The van der Waals surface area contributed by atoms with Gasteiger partial charge >= 0.3 is 6.18 Å². The Hall–Kier alpha value is -6.38. The van der Waals surface area contributed by atoms with E-state index in [-0.39, 0.29) is 34.9 Å². The number of carbonyl (C=O) groups excluding carboxylic acids is 4. The Balaban J connectivity index is 0.813. The molecule has 3 aliphatic rings. The highest BCUT2D eigenvalue weighted by Gasteiger charge is 2.51. The molecule has 0 saturated carbocycles. The van der Waals surface area contributed by atoms with Gasteiger partial charge in [0.2, 0.25) is 17.7 Å². The first kappa shape index (κ1) is 41.4. The highest BCUT2D eigenvalue weighted by atomic mass is 32.1. The Morgan fingerprint density at radius 1 is 0.967 bits per heavy atom. The first-order valence-electron chi connectivity index (χ1n) is 20.0. The molecule has 13 nitrogen and oxygen atoms in total. The van der Waals surface area contributed by atoms with Crippen LogP contribution in [0.15, 0.2) is 77.3 Å². The third-order valence-electron chi connectivity index (χ3n) is 11.7. The molecule has 0 aliphatic carbocycles. The van der Waals surface area contributed by atoms with Gasteiger partial charge in [0, 0.05) is 56.1 Å². The average Bonchev–Trinajstić information content (AvgIpc) is 3.74. The Kier molecular flexibility index (Phi) is 11.0. The van der Waals surface area contributed by atoms with Crippen LogP contribution in [0.1, 0.15) is 68.7 Å². The number of piperidine rings is 1. The first-order valence-corrected chi connectivity index (χ1v) is 20.4. The maximum Gasteiger partial charge on any atom is 0.417 e. The van der Waals surface area contributed by atoms with Crippen LogP contribution in [0.4, 0.5) is 35.9 Å². The SMILES string of the molecule is CC1(C)C(=O)N(c2ccc(C#N)c(C(F)(F)F)c2)C(=S)N1c1ccc(N2CCN(CCCCC(=O)Nc3ccc4c(ccc5onc(C6CCC(=O)NC6=O)c54)c3)CC2)cc1. The molecule has 1 atom stereocenters. The lowest BCUT2D eigenvalue weighted by atomic mass is 9.91. The summed E-state index contributed by atoms with van der Waals surface area (Å²) in [6.07, 6.45) is -2.24. The van der Waals surface area contributed by atoms with Crippen LogP contribution in [0.25, 0.3) is 21.7 Å². The Morgan fingerprint density at radius 3 is 2.39 bits per heavy atom. The number of nitrogens with zero attached hydrogens (tertiary/aromatic N) is 6. The monoisotopic (exact) mass is 850 g/mol. The predicted molar refractivity (Wildman–Crippen MR) is 227 cm³/mol. The number of anilines is 4. The van der Waals surface area contributed by atoms with Gasteiger partial charge in [0.25, 0.3) is 5.91 Å². The van der Waals surface area contributed by atoms with Crippen molar-refractivity contribution in [3.05, 3.63) is 89.6 Å². The summed E-state index contributed by atoms with van der Waals surface area (Å²) in [5, 5.41) is 21.3. The molecular weight excluding hydrogens is 810 g/mol. The molecule has 17 heteroatoms. The van der Waals surface area contributed by atoms with Crippen molar-refractivity contribution in [2.45, 2.75) is 63.6 Å². The number of nitrogens with one attached hydrogen (secondary N) is 2. The van der Waals surface area contributed by atoms with E-state index < -0.39 is 34.7 Å². The second-order valence-electron chi connectivity index (χ2n) is 16.0. The number of benzene rings is 4. The van der Waals surface area contributed by atoms with E-state index in [0.717, 1.165) is 84.4 Å². The van der Waals surface area contributed by atoms with Gasteiger partial charge in [0.1, 0.15) is 11.2 Å². The van der Waals surface area contributed by atoms with E-state index in [4.69, 9.17) is 16.7 Å². The number of rotatable bonds is 10. The van der Waals surface area contributed by atoms with Gasteiger partial charge in [-0.3, -0.25) is 34.3 Å². The van der Waals surface area contributed by atoms with Gasteiger partial charge in [-0.1, -0.05) is 17.3 Å². The van der Waals surface area contributed by atoms with Gasteiger partial charge in [0.05, 0.1) is 34.2 Å². The molecule has 0 radical (unpaired) electrons. The lowest BCUT2D eigenvalue weighted by molar-refractivity contribution is -0.138. The van der Waals surface area contributed by atoms with Gasteiger partial charge in [-0.15, -0.1) is 0 Å². The topological polar surface area (TPSA) is 155 Å². The standard InChI is InChI=1S/C44H41F3N8O5S/c1-43(2)41(59)54(31-9-6-27(25-48)34(24-31)44(45,46)47)42(61)55(43)30-12-10-29(11-13-30)53-21-19-52(20-22-53)18-4-3-5-36(56)49-28-8-14-32-26(23-28)7-16-35-38(32)39(51-60-35)33-15-17-37(57)50-40(33)58/h6-14,16,23-24,33H,3-5,15,17-22H2,1-2H3,(H,49,56)(H,50,57,58). The number of hydrogen-bond acceptors (Lipinski definition) is 10.